The summed E-state index contributed by atoms with van der Waals surface area (Å²) in [4.78, 5) is 0. The van der Waals surface area contributed by atoms with Crippen molar-refractivity contribution in [2.24, 2.45) is 0 Å². The molecule has 1 aliphatic heterocycles. The molecule has 0 fully saturated rings. The minimum Gasteiger partial charge on any atom is -0.493 e. The SMILES string of the molecule is C1=C\CCCCCCCCCOc2cccc3c2C2c4ccccc4C3c3cccc(c32)OCCCCCCCCC/1. The number of rotatable bonds is 0. The summed E-state index contributed by atoms with van der Waals surface area (Å²) in [7, 11) is 0. The molecule has 0 saturated carbocycles. The van der Waals surface area contributed by atoms with Gasteiger partial charge in [0.05, 0.1) is 13.2 Å². The van der Waals surface area contributed by atoms with E-state index in [1.807, 2.05) is 0 Å². The van der Waals surface area contributed by atoms with Gasteiger partial charge in [-0.15, -0.1) is 0 Å². The van der Waals surface area contributed by atoms with Crippen molar-refractivity contribution in [3.05, 3.63) is 106 Å². The largest absolute Gasteiger partial charge is 0.493 e. The van der Waals surface area contributed by atoms with E-state index < -0.39 is 0 Å². The molecule has 0 saturated heterocycles. The smallest absolute Gasteiger partial charge is 0.123 e. The Labute approximate surface area is 254 Å². The molecule has 3 aliphatic carbocycles. The highest BCUT2D eigenvalue weighted by atomic mass is 16.5. The number of benzene rings is 3. The third-order valence-electron chi connectivity index (χ3n) is 9.73. The van der Waals surface area contributed by atoms with Crippen molar-refractivity contribution in [3.63, 3.8) is 0 Å². The van der Waals surface area contributed by atoms with Gasteiger partial charge in [0.25, 0.3) is 0 Å². The second kappa shape index (κ2) is 14.9. The third-order valence-corrected chi connectivity index (χ3v) is 9.73. The van der Waals surface area contributed by atoms with Gasteiger partial charge in [-0.25, -0.2) is 0 Å². The molecule has 1 heterocycles. The van der Waals surface area contributed by atoms with Crippen LogP contribution in [0.4, 0.5) is 0 Å². The fourth-order valence-corrected chi connectivity index (χ4v) is 7.59. The number of hydrogen-bond donors (Lipinski definition) is 0. The molecule has 3 aromatic carbocycles. The molecule has 0 unspecified atom stereocenters. The highest BCUT2D eigenvalue weighted by molar-refractivity contribution is 5.72. The van der Waals surface area contributed by atoms with Crippen molar-refractivity contribution in [3.8, 4) is 11.5 Å². The molecule has 0 radical (unpaired) electrons. The molecular formula is C40H50O2. The standard InChI is InChI=1S/C40H50O2/c1-2-4-6-8-10-12-14-16-20-30-42-36-28-22-26-34-37-31-23-17-18-24-32(31)40(39(34)36)38-33(37)25-21-27-35(38)41-29-19-15-13-11-9-7-5-3-1/h1-2,17-18,21-28,37,40H,3-16,19-20,29-30H2/b2-1-. The van der Waals surface area contributed by atoms with Gasteiger partial charge in [0.2, 0.25) is 0 Å². The molecule has 4 aliphatic rings. The molecule has 0 spiro atoms. The van der Waals surface area contributed by atoms with Crippen LogP contribution in [0.15, 0.2) is 72.8 Å². The van der Waals surface area contributed by atoms with E-state index in [1.54, 1.807) is 0 Å². The van der Waals surface area contributed by atoms with E-state index >= 15 is 0 Å². The third kappa shape index (κ3) is 6.64. The second-order valence-corrected chi connectivity index (χ2v) is 12.7. The van der Waals surface area contributed by atoms with E-state index in [-0.39, 0.29) is 11.8 Å². The van der Waals surface area contributed by atoms with Gasteiger partial charge >= 0.3 is 0 Å². The quantitative estimate of drug-likeness (QED) is 0.175. The van der Waals surface area contributed by atoms with Crippen LogP contribution in [-0.2, 0) is 0 Å². The Morgan fingerprint density at radius 2 is 0.786 bits per heavy atom. The number of hydrogen-bond acceptors (Lipinski definition) is 2. The summed E-state index contributed by atoms with van der Waals surface area (Å²) in [5, 5.41) is 0. The minimum atomic E-state index is 0.167. The van der Waals surface area contributed by atoms with E-state index in [1.165, 1.54) is 123 Å². The number of allylic oxidation sites excluding steroid dienone is 2. The van der Waals surface area contributed by atoms with Crippen LogP contribution >= 0.6 is 0 Å². The molecule has 0 N–H and O–H groups in total. The Balaban J connectivity index is 1.20. The molecule has 3 aromatic rings. The maximum absolute atomic E-state index is 6.60. The van der Waals surface area contributed by atoms with Gasteiger partial charge in [-0.1, -0.05) is 125 Å². The average molecular weight is 563 g/mol. The van der Waals surface area contributed by atoms with Crippen molar-refractivity contribution >= 4 is 0 Å². The van der Waals surface area contributed by atoms with Gasteiger partial charge in [0.1, 0.15) is 11.5 Å². The average Bonchev–Trinajstić information content (AvgIpc) is 3.02. The second-order valence-electron chi connectivity index (χ2n) is 12.7. The molecule has 2 nitrogen and oxygen atoms in total. The van der Waals surface area contributed by atoms with Gasteiger partial charge < -0.3 is 9.47 Å². The lowest BCUT2D eigenvalue weighted by atomic mass is 9.60. The first-order chi connectivity index (χ1) is 20.9. The first kappa shape index (κ1) is 29.1. The minimum absolute atomic E-state index is 0.167. The van der Waals surface area contributed by atoms with Crippen molar-refractivity contribution in [2.75, 3.05) is 13.2 Å². The Morgan fingerprint density at radius 3 is 1.29 bits per heavy atom. The molecule has 7 rings (SSSR count). The topological polar surface area (TPSA) is 18.5 Å². The van der Waals surface area contributed by atoms with Crippen LogP contribution < -0.4 is 9.47 Å². The molecule has 0 atom stereocenters. The Morgan fingerprint density at radius 1 is 0.381 bits per heavy atom. The zero-order valence-corrected chi connectivity index (χ0v) is 25.6. The first-order valence-electron chi connectivity index (χ1n) is 17.2. The summed E-state index contributed by atoms with van der Waals surface area (Å²) >= 11 is 0. The zero-order chi connectivity index (χ0) is 28.4. The molecule has 0 amide bonds. The normalized spacial score (nSPS) is 23.0. The molecule has 2 heteroatoms. The maximum Gasteiger partial charge on any atom is 0.123 e. The van der Waals surface area contributed by atoms with E-state index in [9.17, 15) is 0 Å². The Kier molecular flexibility index (Phi) is 10.4. The van der Waals surface area contributed by atoms with E-state index in [2.05, 4.69) is 72.8 Å². The lowest BCUT2D eigenvalue weighted by Gasteiger charge is -2.43. The van der Waals surface area contributed by atoms with Crippen LogP contribution in [0.1, 0.15) is 148 Å². The van der Waals surface area contributed by atoms with Crippen LogP contribution in [0.3, 0.4) is 0 Å². The van der Waals surface area contributed by atoms with E-state index in [0.29, 0.717) is 0 Å². The maximum atomic E-state index is 6.60. The van der Waals surface area contributed by atoms with E-state index in [4.69, 9.17) is 9.47 Å². The van der Waals surface area contributed by atoms with Gasteiger partial charge in [-0.3, -0.25) is 0 Å². The molecule has 0 aromatic heterocycles. The van der Waals surface area contributed by atoms with Crippen LogP contribution in [0.5, 0.6) is 11.5 Å². The van der Waals surface area contributed by atoms with Crippen molar-refractivity contribution in [1.82, 2.24) is 0 Å². The number of ether oxygens (including phenoxy) is 2. The van der Waals surface area contributed by atoms with Crippen LogP contribution in [0, 0.1) is 0 Å². The Hall–Kier alpha value is -3.00. The fourth-order valence-electron chi connectivity index (χ4n) is 7.59. The Bertz CT molecular complexity index is 1240. The molecule has 42 heavy (non-hydrogen) atoms. The zero-order valence-electron chi connectivity index (χ0n) is 25.6. The summed E-state index contributed by atoms with van der Waals surface area (Å²) in [6.45, 7) is 1.59. The molecule has 4 bridgehead atoms. The van der Waals surface area contributed by atoms with Crippen molar-refractivity contribution in [2.45, 2.75) is 115 Å². The van der Waals surface area contributed by atoms with Crippen LogP contribution in [0.2, 0.25) is 0 Å². The lowest BCUT2D eigenvalue weighted by molar-refractivity contribution is 0.295. The summed E-state index contributed by atoms with van der Waals surface area (Å²) in [5.74, 6) is 2.56. The summed E-state index contributed by atoms with van der Waals surface area (Å²) in [6, 6.07) is 22.6. The van der Waals surface area contributed by atoms with E-state index in [0.717, 1.165) is 37.6 Å². The van der Waals surface area contributed by atoms with Gasteiger partial charge in [0.15, 0.2) is 0 Å². The highest BCUT2D eigenvalue weighted by Crippen LogP contribution is 2.59. The summed E-state index contributed by atoms with van der Waals surface area (Å²) in [6.07, 6.45) is 25.6. The van der Waals surface area contributed by atoms with Gasteiger partial charge in [-0.2, -0.15) is 0 Å². The monoisotopic (exact) mass is 562 g/mol. The lowest BCUT2D eigenvalue weighted by Crippen LogP contribution is -2.28. The van der Waals surface area contributed by atoms with Crippen molar-refractivity contribution in [1.29, 1.82) is 0 Å². The van der Waals surface area contributed by atoms with Crippen molar-refractivity contribution < 1.29 is 9.47 Å². The fraction of sp³-hybridized carbons (Fsp3) is 0.500. The van der Waals surface area contributed by atoms with Gasteiger partial charge in [-0.05, 0) is 72.9 Å². The molecule has 222 valence electrons. The van der Waals surface area contributed by atoms with Crippen LogP contribution in [-0.4, -0.2) is 13.2 Å². The summed E-state index contributed by atoms with van der Waals surface area (Å²) < 4.78 is 13.2. The van der Waals surface area contributed by atoms with Crippen LogP contribution in [0.25, 0.3) is 0 Å². The molecular weight excluding hydrogens is 512 g/mol. The van der Waals surface area contributed by atoms with Gasteiger partial charge in [0, 0.05) is 23.0 Å². The predicted molar refractivity (Wildman–Crippen MR) is 175 cm³/mol. The summed E-state index contributed by atoms with van der Waals surface area (Å²) in [5.41, 5.74) is 8.45. The first-order valence-corrected chi connectivity index (χ1v) is 17.2. The predicted octanol–water partition coefficient (Wildman–Crippen LogP) is 11.2. The highest BCUT2D eigenvalue weighted by Gasteiger charge is 2.44.